The van der Waals surface area contributed by atoms with Gasteiger partial charge in [0, 0.05) is 6.04 Å². The number of nitrogens with one attached hydrogen (secondary N) is 1. The molecule has 0 bridgehead atoms. The van der Waals surface area contributed by atoms with Crippen molar-refractivity contribution < 1.29 is 4.74 Å². The quantitative estimate of drug-likeness (QED) is 0.819. The van der Waals surface area contributed by atoms with Gasteiger partial charge in [0.1, 0.15) is 5.75 Å². The van der Waals surface area contributed by atoms with Crippen molar-refractivity contribution in [2.45, 2.75) is 26.3 Å². The summed E-state index contributed by atoms with van der Waals surface area (Å²) in [5.41, 5.74) is 1.38. The lowest BCUT2D eigenvalue weighted by Gasteiger charge is -2.11. The highest BCUT2D eigenvalue weighted by Crippen LogP contribution is 2.27. The Hall–Kier alpha value is -1.02. The monoisotopic (exact) mass is 205 g/mol. The van der Waals surface area contributed by atoms with Crippen molar-refractivity contribution >= 4 is 0 Å². The van der Waals surface area contributed by atoms with Crippen LogP contribution in [0.2, 0.25) is 0 Å². The zero-order valence-corrected chi connectivity index (χ0v) is 9.49. The second kappa shape index (κ2) is 4.67. The predicted molar refractivity (Wildman–Crippen MR) is 62.1 cm³/mol. The molecule has 2 heteroatoms. The van der Waals surface area contributed by atoms with Gasteiger partial charge in [0.25, 0.3) is 0 Å². The average Bonchev–Trinajstić information content (AvgIpc) is 2.67. The summed E-state index contributed by atoms with van der Waals surface area (Å²) in [6.45, 7) is 6.17. The first kappa shape index (κ1) is 10.5. The summed E-state index contributed by atoms with van der Waals surface area (Å²) in [7, 11) is 0. The molecule has 2 unspecified atom stereocenters. The molecule has 0 aliphatic carbocycles. The van der Waals surface area contributed by atoms with Crippen LogP contribution in [0.25, 0.3) is 0 Å². The van der Waals surface area contributed by atoms with Crippen molar-refractivity contribution in [3.63, 3.8) is 0 Å². The first-order valence-electron chi connectivity index (χ1n) is 5.75. The van der Waals surface area contributed by atoms with Gasteiger partial charge in [-0.2, -0.15) is 0 Å². The van der Waals surface area contributed by atoms with Crippen LogP contribution in [0, 0.1) is 5.92 Å². The largest absolute Gasteiger partial charge is 0.494 e. The summed E-state index contributed by atoms with van der Waals surface area (Å²) in [4.78, 5) is 0. The van der Waals surface area contributed by atoms with E-state index < -0.39 is 0 Å². The Morgan fingerprint density at radius 3 is 2.60 bits per heavy atom. The topological polar surface area (TPSA) is 21.3 Å². The van der Waals surface area contributed by atoms with Crippen molar-refractivity contribution in [3.8, 4) is 5.75 Å². The predicted octanol–water partition coefficient (Wildman–Crippen LogP) is 2.76. The molecule has 0 aromatic heterocycles. The average molecular weight is 205 g/mol. The van der Waals surface area contributed by atoms with Gasteiger partial charge in [-0.15, -0.1) is 0 Å². The summed E-state index contributed by atoms with van der Waals surface area (Å²) >= 11 is 0. The molecule has 0 amide bonds. The zero-order chi connectivity index (χ0) is 10.7. The Bertz CT molecular complexity index is 307. The van der Waals surface area contributed by atoms with E-state index in [4.69, 9.17) is 4.74 Å². The van der Waals surface area contributed by atoms with Gasteiger partial charge in [0.05, 0.1) is 6.61 Å². The van der Waals surface area contributed by atoms with Gasteiger partial charge < -0.3 is 10.1 Å². The number of rotatable bonds is 3. The highest BCUT2D eigenvalue weighted by molar-refractivity contribution is 5.29. The third-order valence-electron chi connectivity index (χ3n) is 2.94. The maximum Gasteiger partial charge on any atom is 0.119 e. The van der Waals surface area contributed by atoms with Crippen LogP contribution in [-0.2, 0) is 0 Å². The molecule has 1 aliphatic rings. The summed E-state index contributed by atoms with van der Waals surface area (Å²) in [5, 5.41) is 3.53. The summed E-state index contributed by atoms with van der Waals surface area (Å²) in [5.74, 6) is 1.76. The van der Waals surface area contributed by atoms with Gasteiger partial charge in [-0.05, 0) is 43.5 Å². The summed E-state index contributed by atoms with van der Waals surface area (Å²) < 4.78 is 5.42. The molecule has 1 aromatic carbocycles. The van der Waals surface area contributed by atoms with Crippen molar-refractivity contribution in [2.24, 2.45) is 5.92 Å². The summed E-state index contributed by atoms with van der Waals surface area (Å²) in [6.07, 6.45) is 1.24. The molecule has 1 N–H and O–H groups in total. The Labute approximate surface area is 91.6 Å². The van der Waals surface area contributed by atoms with E-state index in [0.29, 0.717) is 6.04 Å². The standard InChI is InChI=1S/C13H19NO/c1-3-15-12-6-4-11(5-7-12)13-8-10(2)9-14-13/h4-7,10,13-14H,3,8-9H2,1-2H3. The van der Waals surface area contributed by atoms with Gasteiger partial charge >= 0.3 is 0 Å². The number of benzene rings is 1. The van der Waals surface area contributed by atoms with Crippen molar-refractivity contribution in [2.75, 3.05) is 13.2 Å². The first-order valence-corrected chi connectivity index (χ1v) is 5.75. The molecule has 0 saturated carbocycles. The number of hydrogen-bond acceptors (Lipinski definition) is 2. The van der Waals surface area contributed by atoms with Crippen LogP contribution >= 0.6 is 0 Å². The van der Waals surface area contributed by atoms with Crippen LogP contribution < -0.4 is 10.1 Å². The minimum atomic E-state index is 0.538. The van der Waals surface area contributed by atoms with Gasteiger partial charge in [0.2, 0.25) is 0 Å². The third kappa shape index (κ3) is 2.51. The lowest BCUT2D eigenvalue weighted by atomic mass is 10.0. The van der Waals surface area contributed by atoms with E-state index in [1.807, 2.05) is 6.92 Å². The first-order chi connectivity index (χ1) is 7.29. The van der Waals surface area contributed by atoms with Gasteiger partial charge in [-0.3, -0.25) is 0 Å². The lowest BCUT2D eigenvalue weighted by molar-refractivity contribution is 0.340. The van der Waals surface area contributed by atoms with E-state index in [0.717, 1.165) is 24.8 Å². The zero-order valence-electron chi connectivity index (χ0n) is 9.49. The van der Waals surface area contributed by atoms with Crippen LogP contribution in [0.4, 0.5) is 0 Å². The van der Waals surface area contributed by atoms with E-state index in [2.05, 4.69) is 36.5 Å². The van der Waals surface area contributed by atoms with Crippen molar-refractivity contribution in [1.82, 2.24) is 5.32 Å². The third-order valence-corrected chi connectivity index (χ3v) is 2.94. The Morgan fingerprint density at radius 2 is 2.07 bits per heavy atom. The second-order valence-electron chi connectivity index (χ2n) is 4.30. The summed E-state index contributed by atoms with van der Waals surface area (Å²) in [6, 6.07) is 8.99. The minimum absolute atomic E-state index is 0.538. The van der Waals surface area contributed by atoms with Crippen LogP contribution in [-0.4, -0.2) is 13.2 Å². The highest BCUT2D eigenvalue weighted by Gasteiger charge is 2.21. The van der Waals surface area contributed by atoms with Crippen LogP contribution in [0.3, 0.4) is 0 Å². The highest BCUT2D eigenvalue weighted by atomic mass is 16.5. The molecule has 1 fully saturated rings. The maximum atomic E-state index is 5.42. The Kier molecular flexibility index (Phi) is 3.27. The molecule has 1 saturated heterocycles. The molecule has 2 nitrogen and oxygen atoms in total. The number of ether oxygens (including phenoxy) is 1. The molecular formula is C13H19NO. The fraction of sp³-hybridized carbons (Fsp3) is 0.538. The van der Waals surface area contributed by atoms with E-state index >= 15 is 0 Å². The van der Waals surface area contributed by atoms with E-state index in [-0.39, 0.29) is 0 Å². The molecule has 2 rings (SSSR count). The van der Waals surface area contributed by atoms with Crippen LogP contribution in [0.15, 0.2) is 24.3 Å². The van der Waals surface area contributed by atoms with Gasteiger partial charge in [-0.1, -0.05) is 19.1 Å². The Morgan fingerprint density at radius 1 is 1.33 bits per heavy atom. The SMILES string of the molecule is CCOc1ccc(C2CC(C)CN2)cc1. The molecule has 15 heavy (non-hydrogen) atoms. The number of hydrogen-bond donors (Lipinski definition) is 1. The molecule has 2 atom stereocenters. The van der Waals surface area contributed by atoms with Crippen molar-refractivity contribution in [3.05, 3.63) is 29.8 Å². The Balaban J connectivity index is 2.03. The minimum Gasteiger partial charge on any atom is -0.494 e. The molecule has 1 aliphatic heterocycles. The van der Waals surface area contributed by atoms with E-state index in [1.54, 1.807) is 0 Å². The molecule has 0 spiro atoms. The smallest absolute Gasteiger partial charge is 0.119 e. The molecular weight excluding hydrogens is 186 g/mol. The molecule has 1 heterocycles. The molecule has 82 valence electrons. The van der Waals surface area contributed by atoms with Crippen LogP contribution in [0.5, 0.6) is 5.75 Å². The van der Waals surface area contributed by atoms with Crippen molar-refractivity contribution in [1.29, 1.82) is 0 Å². The lowest BCUT2D eigenvalue weighted by Crippen LogP contribution is -2.13. The van der Waals surface area contributed by atoms with Gasteiger partial charge in [0.15, 0.2) is 0 Å². The van der Waals surface area contributed by atoms with E-state index in [9.17, 15) is 0 Å². The van der Waals surface area contributed by atoms with Crippen LogP contribution in [0.1, 0.15) is 31.9 Å². The second-order valence-corrected chi connectivity index (χ2v) is 4.30. The normalized spacial score (nSPS) is 25.5. The maximum absolute atomic E-state index is 5.42. The van der Waals surface area contributed by atoms with E-state index in [1.165, 1.54) is 12.0 Å². The molecule has 1 aromatic rings. The van der Waals surface area contributed by atoms with Gasteiger partial charge in [-0.25, -0.2) is 0 Å². The molecule has 0 radical (unpaired) electrons. The fourth-order valence-electron chi connectivity index (χ4n) is 2.13. The fourth-order valence-corrected chi connectivity index (χ4v) is 2.13.